The minimum Gasteiger partial charge on any atom is -0.392 e. The molecular weight excluding hydrogens is 462 g/mol. The molecule has 0 spiro atoms. The molecular formula is C30H27N5O2. The molecule has 6 rings (SSSR count). The molecule has 0 amide bonds. The van der Waals surface area contributed by atoms with Crippen LogP contribution >= 0.6 is 0 Å². The van der Waals surface area contributed by atoms with E-state index in [1.165, 1.54) is 0 Å². The van der Waals surface area contributed by atoms with Crippen molar-refractivity contribution in [2.75, 3.05) is 0 Å². The Balaban J connectivity index is 1.39. The van der Waals surface area contributed by atoms with E-state index in [1.807, 2.05) is 36.7 Å². The van der Waals surface area contributed by atoms with Crippen molar-refractivity contribution in [3.63, 3.8) is 0 Å². The van der Waals surface area contributed by atoms with Crippen LogP contribution in [0, 0.1) is 17.2 Å². The lowest BCUT2D eigenvalue weighted by atomic mass is 9.84. The van der Waals surface area contributed by atoms with E-state index in [1.54, 1.807) is 24.3 Å². The monoisotopic (exact) mass is 489 g/mol. The van der Waals surface area contributed by atoms with E-state index in [0.717, 1.165) is 64.7 Å². The fourth-order valence-electron chi connectivity index (χ4n) is 5.59. The number of pyridine rings is 1. The molecule has 37 heavy (non-hydrogen) atoms. The molecule has 1 aliphatic carbocycles. The van der Waals surface area contributed by atoms with Crippen molar-refractivity contribution in [2.45, 2.75) is 44.8 Å². The summed E-state index contributed by atoms with van der Waals surface area (Å²) in [6.45, 7) is -0.0469. The number of ketones is 1. The van der Waals surface area contributed by atoms with Gasteiger partial charge in [0.25, 0.3) is 0 Å². The molecule has 7 heteroatoms. The Morgan fingerprint density at radius 1 is 1.03 bits per heavy atom. The first kappa shape index (κ1) is 23.1. The summed E-state index contributed by atoms with van der Waals surface area (Å²) in [5.74, 6) is 1.28. The van der Waals surface area contributed by atoms with Crippen molar-refractivity contribution in [2.24, 2.45) is 5.92 Å². The number of nitriles is 1. The zero-order valence-electron chi connectivity index (χ0n) is 20.4. The molecule has 0 aliphatic heterocycles. The number of imidazole rings is 1. The van der Waals surface area contributed by atoms with Crippen molar-refractivity contribution >= 4 is 27.9 Å². The second kappa shape index (κ2) is 9.64. The molecule has 3 heterocycles. The highest BCUT2D eigenvalue weighted by molar-refractivity contribution is 6.09. The zero-order chi connectivity index (χ0) is 25.4. The quantitative estimate of drug-likeness (QED) is 0.287. The number of aliphatic hydroxyl groups excluding tert-OH is 1. The van der Waals surface area contributed by atoms with Crippen LogP contribution in [0.2, 0.25) is 0 Å². The minimum atomic E-state index is -0.0569. The van der Waals surface area contributed by atoms with Crippen molar-refractivity contribution in [1.82, 2.24) is 19.5 Å². The lowest BCUT2D eigenvalue weighted by Crippen LogP contribution is -2.19. The number of carbonyl (C=O) groups is 1. The molecule has 184 valence electrons. The van der Waals surface area contributed by atoms with Crippen LogP contribution in [-0.4, -0.2) is 30.4 Å². The number of nitrogens with zero attached hydrogens (tertiary/aromatic N) is 4. The summed E-state index contributed by atoms with van der Waals surface area (Å²) in [5.41, 5.74) is 5.69. The van der Waals surface area contributed by atoms with Crippen LogP contribution in [0.3, 0.4) is 0 Å². The van der Waals surface area contributed by atoms with Gasteiger partial charge in [-0.1, -0.05) is 48.5 Å². The van der Waals surface area contributed by atoms with Crippen molar-refractivity contribution in [1.29, 1.82) is 5.26 Å². The average molecular weight is 490 g/mol. The Labute approximate surface area is 214 Å². The van der Waals surface area contributed by atoms with Crippen LogP contribution < -0.4 is 0 Å². The first-order valence-electron chi connectivity index (χ1n) is 12.7. The Bertz CT molecular complexity index is 1620. The highest BCUT2D eigenvalue weighted by Crippen LogP contribution is 2.40. The van der Waals surface area contributed by atoms with Crippen LogP contribution in [0.15, 0.2) is 67.0 Å². The Morgan fingerprint density at radius 3 is 2.41 bits per heavy atom. The minimum absolute atomic E-state index is 0.0469. The van der Waals surface area contributed by atoms with Crippen LogP contribution in [0.25, 0.3) is 33.5 Å². The van der Waals surface area contributed by atoms with Gasteiger partial charge in [0, 0.05) is 40.7 Å². The van der Waals surface area contributed by atoms with Crippen LogP contribution in [0.5, 0.6) is 0 Å². The number of rotatable bonds is 6. The molecule has 0 unspecified atom stereocenters. The van der Waals surface area contributed by atoms with E-state index in [-0.39, 0.29) is 18.4 Å². The molecule has 0 bridgehead atoms. The SMILES string of the molecule is N#CCC1CCC(n2c(-c3ccc(C(=O)c4ccc(CO)cc4)cc3)nc3cnc4[nH]ccc4c32)CC1. The number of hydrogen-bond donors (Lipinski definition) is 2. The van der Waals surface area contributed by atoms with Gasteiger partial charge in [-0.3, -0.25) is 4.79 Å². The Hall–Kier alpha value is -4.28. The van der Waals surface area contributed by atoms with Crippen molar-refractivity contribution in [3.05, 3.63) is 83.7 Å². The maximum Gasteiger partial charge on any atom is 0.193 e. The highest BCUT2D eigenvalue weighted by Gasteiger charge is 2.27. The van der Waals surface area contributed by atoms with Gasteiger partial charge in [0.2, 0.25) is 0 Å². The van der Waals surface area contributed by atoms with Gasteiger partial charge in [0.1, 0.15) is 17.0 Å². The van der Waals surface area contributed by atoms with Gasteiger partial charge in [0.15, 0.2) is 5.78 Å². The fourth-order valence-corrected chi connectivity index (χ4v) is 5.59. The first-order chi connectivity index (χ1) is 18.2. The topological polar surface area (TPSA) is 108 Å². The molecule has 1 aliphatic rings. The van der Waals surface area contributed by atoms with Crippen LogP contribution in [0.1, 0.15) is 59.6 Å². The number of carbonyl (C=O) groups excluding carboxylic acids is 1. The van der Waals surface area contributed by atoms with Crippen LogP contribution in [0.4, 0.5) is 0 Å². The molecule has 5 aromatic rings. The number of benzene rings is 2. The van der Waals surface area contributed by atoms with E-state index in [0.29, 0.717) is 23.5 Å². The van der Waals surface area contributed by atoms with Crippen molar-refractivity contribution < 1.29 is 9.90 Å². The second-order valence-electron chi connectivity index (χ2n) is 9.84. The van der Waals surface area contributed by atoms with E-state index in [2.05, 4.69) is 26.7 Å². The smallest absolute Gasteiger partial charge is 0.193 e. The number of nitrogens with one attached hydrogen (secondary N) is 1. The zero-order valence-corrected chi connectivity index (χ0v) is 20.4. The summed E-state index contributed by atoms with van der Waals surface area (Å²) in [6, 6.07) is 19.4. The molecule has 2 aromatic carbocycles. The normalized spacial score (nSPS) is 17.7. The number of aromatic amines is 1. The van der Waals surface area contributed by atoms with Gasteiger partial charge in [0.05, 0.1) is 24.4 Å². The van der Waals surface area contributed by atoms with Crippen LogP contribution in [-0.2, 0) is 6.61 Å². The number of aromatic nitrogens is 4. The summed E-state index contributed by atoms with van der Waals surface area (Å²) in [4.78, 5) is 25.8. The fraction of sp³-hybridized carbons (Fsp3) is 0.267. The van der Waals surface area contributed by atoms with E-state index < -0.39 is 0 Å². The standard InChI is InChI=1S/C30H27N5O2/c31-15-13-19-3-11-24(12-4-19)35-27-25-14-16-32-29(25)33-17-26(27)34-30(35)23-9-7-22(8-10-23)28(37)21-5-1-20(18-36)2-6-21/h1-2,5-10,14,16-17,19,24,36H,3-4,11-13,18H2,(H,32,33). The van der Waals surface area contributed by atoms with Gasteiger partial charge in [-0.15, -0.1) is 0 Å². The van der Waals surface area contributed by atoms with Gasteiger partial charge in [-0.2, -0.15) is 5.26 Å². The van der Waals surface area contributed by atoms with Crippen molar-refractivity contribution in [3.8, 4) is 17.5 Å². The average Bonchev–Trinajstić information content (AvgIpc) is 3.58. The molecule has 1 fully saturated rings. The predicted octanol–water partition coefficient (Wildman–Crippen LogP) is 5.95. The number of fused-ring (bicyclic) bond motifs is 3. The molecule has 0 saturated heterocycles. The lowest BCUT2D eigenvalue weighted by molar-refractivity contribution is 0.103. The summed E-state index contributed by atoms with van der Waals surface area (Å²) in [7, 11) is 0. The summed E-state index contributed by atoms with van der Waals surface area (Å²) in [6.07, 6.45) is 8.41. The van der Waals surface area contributed by atoms with Gasteiger partial charge < -0.3 is 14.7 Å². The van der Waals surface area contributed by atoms with E-state index >= 15 is 0 Å². The Kier molecular flexibility index (Phi) is 6.03. The largest absolute Gasteiger partial charge is 0.392 e. The molecule has 3 aromatic heterocycles. The number of H-pyrrole nitrogens is 1. The molecule has 0 atom stereocenters. The van der Waals surface area contributed by atoms with Gasteiger partial charge in [-0.25, -0.2) is 9.97 Å². The van der Waals surface area contributed by atoms with E-state index in [9.17, 15) is 9.90 Å². The molecule has 0 radical (unpaired) electrons. The molecule has 7 nitrogen and oxygen atoms in total. The first-order valence-corrected chi connectivity index (χ1v) is 12.7. The number of hydrogen-bond acceptors (Lipinski definition) is 5. The molecule has 1 saturated carbocycles. The number of aliphatic hydroxyl groups is 1. The summed E-state index contributed by atoms with van der Waals surface area (Å²) < 4.78 is 2.36. The van der Waals surface area contributed by atoms with Gasteiger partial charge in [-0.05, 0) is 43.2 Å². The lowest BCUT2D eigenvalue weighted by Gasteiger charge is -2.30. The van der Waals surface area contributed by atoms with Gasteiger partial charge >= 0.3 is 0 Å². The highest BCUT2D eigenvalue weighted by atomic mass is 16.3. The summed E-state index contributed by atoms with van der Waals surface area (Å²) >= 11 is 0. The predicted molar refractivity (Wildman–Crippen MR) is 142 cm³/mol. The third kappa shape index (κ3) is 4.20. The third-order valence-electron chi connectivity index (χ3n) is 7.60. The maximum absolute atomic E-state index is 13.0. The molecule has 2 N–H and O–H groups in total. The maximum atomic E-state index is 13.0. The Morgan fingerprint density at radius 2 is 1.73 bits per heavy atom. The second-order valence-corrected chi connectivity index (χ2v) is 9.84. The third-order valence-corrected chi connectivity index (χ3v) is 7.60. The van der Waals surface area contributed by atoms with E-state index in [4.69, 9.17) is 10.2 Å². The summed E-state index contributed by atoms with van der Waals surface area (Å²) in [5, 5.41) is 19.5.